The summed E-state index contributed by atoms with van der Waals surface area (Å²) in [5.41, 5.74) is 0. The molecule has 0 aromatic heterocycles. The summed E-state index contributed by atoms with van der Waals surface area (Å²) in [5, 5.41) is 0. The largest absolute Gasteiger partial charge is 0.437 e. The summed E-state index contributed by atoms with van der Waals surface area (Å²) in [5.74, 6) is 0. The highest BCUT2D eigenvalue weighted by Gasteiger charge is 1.83. The fourth-order valence-corrected chi connectivity index (χ4v) is 0.845. The third kappa shape index (κ3) is 9.21. The van der Waals surface area contributed by atoms with Gasteiger partial charge in [-0.15, -0.1) is 0 Å². The van der Waals surface area contributed by atoms with Gasteiger partial charge in [0.05, 0.1) is 6.26 Å². The molecule has 0 spiro atoms. The van der Waals surface area contributed by atoms with Crippen molar-refractivity contribution in [3.63, 3.8) is 0 Å². The standard InChI is InChI=1S/C9H16O2/c1-2-3-4-5-6-7-8-11-9-10/h7-9H,2-6H2,1H3/b8-7+. The Morgan fingerprint density at radius 1 is 1.27 bits per heavy atom. The van der Waals surface area contributed by atoms with Gasteiger partial charge in [0.2, 0.25) is 0 Å². The summed E-state index contributed by atoms with van der Waals surface area (Å²) in [6.45, 7) is 2.62. The van der Waals surface area contributed by atoms with E-state index < -0.39 is 0 Å². The number of carbonyl (C=O) groups is 1. The maximum absolute atomic E-state index is 9.67. The van der Waals surface area contributed by atoms with Gasteiger partial charge in [-0.1, -0.05) is 26.2 Å². The van der Waals surface area contributed by atoms with Crippen LogP contribution in [0.3, 0.4) is 0 Å². The second kappa shape index (κ2) is 9.21. The minimum absolute atomic E-state index is 0.433. The van der Waals surface area contributed by atoms with Crippen LogP contribution < -0.4 is 0 Å². The van der Waals surface area contributed by atoms with Crippen molar-refractivity contribution in [3.05, 3.63) is 12.3 Å². The Labute approximate surface area is 68.2 Å². The van der Waals surface area contributed by atoms with Gasteiger partial charge in [-0.2, -0.15) is 0 Å². The molecule has 0 aromatic rings. The predicted molar refractivity (Wildman–Crippen MR) is 45.0 cm³/mol. The molecule has 0 heterocycles. The Balaban J connectivity index is 2.94. The van der Waals surface area contributed by atoms with E-state index in [1.165, 1.54) is 31.9 Å². The topological polar surface area (TPSA) is 26.3 Å². The first-order valence-electron chi connectivity index (χ1n) is 4.16. The molecule has 0 radical (unpaired) electrons. The summed E-state index contributed by atoms with van der Waals surface area (Å²) in [4.78, 5) is 9.67. The molecule has 0 N–H and O–H groups in total. The minimum Gasteiger partial charge on any atom is -0.437 e. The number of hydrogen-bond acceptors (Lipinski definition) is 2. The van der Waals surface area contributed by atoms with E-state index in [4.69, 9.17) is 0 Å². The zero-order chi connectivity index (χ0) is 8.36. The predicted octanol–water partition coefficient (Wildman–Crippen LogP) is 2.64. The van der Waals surface area contributed by atoms with Gasteiger partial charge in [0.15, 0.2) is 0 Å². The van der Waals surface area contributed by atoms with E-state index in [1.54, 1.807) is 0 Å². The summed E-state index contributed by atoms with van der Waals surface area (Å²) in [6.07, 6.45) is 9.34. The van der Waals surface area contributed by atoms with Gasteiger partial charge in [0, 0.05) is 0 Å². The lowest BCUT2D eigenvalue weighted by Crippen LogP contribution is -1.75. The number of allylic oxidation sites excluding steroid dienone is 1. The molecule has 0 aliphatic carbocycles. The van der Waals surface area contributed by atoms with E-state index in [0.29, 0.717) is 6.47 Å². The highest BCUT2D eigenvalue weighted by molar-refractivity contribution is 5.38. The number of rotatable bonds is 7. The number of ether oxygens (including phenoxy) is 1. The third-order valence-electron chi connectivity index (χ3n) is 1.45. The normalized spacial score (nSPS) is 10.3. The van der Waals surface area contributed by atoms with Crippen molar-refractivity contribution < 1.29 is 9.53 Å². The van der Waals surface area contributed by atoms with Crippen LogP contribution in [0.25, 0.3) is 0 Å². The highest BCUT2D eigenvalue weighted by Crippen LogP contribution is 2.02. The molecule has 0 atom stereocenters. The molecule has 2 heteroatoms. The average molecular weight is 156 g/mol. The first-order chi connectivity index (χ1) is 5.41. The van der Waals surface area contributed by atoms with Crippen molar-refractivity contribution in [1.29, 1.82) is 0 Å². The monoisotopic (exact) mass is 156 g/mol. The molecule has 0 aliphatic heterocycles. The van der Waals surface area contributed by atoms with Crippen molar-refractivity contribution in [3.8, 4) is 0 Å². The summed E-state index contributed by atoms with van der Waals surface area (Å²) in [7, 11) is 0. The summed E-state index contributed by atoms with van der Waals surface area (Å²) < 4.78 is 4.38. The van der Waals surface area contributed by atoms with Gasteiger partial charge in [0.25, 0.3) is 6.47 Å². The smallest absolute Gasteiger partial charge is 0.297 e. The van der Waals surface area contributed by atoms with Crippen molar-refractivity contribution in [2.24, 2.45) is 0 Å². The van der Waals surface area contributed by atoms with E-state index in [9.17, 15) is 4.79 Å². The van der Waals surface area contributed by atoms with Crippen molar-refractivity contribution in [1.82, 2.24) is 0 Å². The van der Waals surface area contributed by atoms with Gasteiger partial charge < -0.3 is 4.74 Å². The average Bonchev–Trinajstić information content (AvgIpc) is 2.03. The molecule has 0 bridgehead atoms. The van der Waals surface area contributed by atoms with E-state index in [-0.39, 0.29) is 0 Å². The van der Waals surface area contributed by atoms with Crippen molar-refractivity contribution in [2.45, 2.75) is 39.0 Å². The molecular formula is C9H16O2. The Morgan fingerprint density at radius 3 is 2.73 bits per heavy atom. The van der Waals surface area contributed by atoms with Crippen LogP contribution >= 0.6 is 0 Å². The summed E-state index contributed by atoms with van der Waals surface area (Å²) in [6, 6.07) is 0. The van der Waals surface area contributed by atoms with Gasteiger partial charge in [-0.3, -0.25) is 4.79 Å². The molecule has 0 saturated carbocycles. The van der Waals surface area contributed by atoms with E-state index in [0.717, 1.165) is 6.42 Å². The fraction of sp³-hybridized carbons (Fsp3) is 0.667. The Hall–Kier alpha value is -0.790. The van der Waals surface area contributed by atoms with Crippen LogP contribution in [-0.2, 0) is 9.53 Å². The van der Waals surface area contributed by atoms with Crippen molar-refractivity contribution >= 4 is 6.47 Å². The van der Waals surface area contributed by atoms with Gasteiger partial charge in [-0.25, -0.2) is 0 Å². The Morgan fingerprint density at radius 2 is 2.09 bits per heavy atom. The van der Waals surface area contributed by atoms with Crippen LogP contribution in [0.1, 0.15) is 39.0 Å². The molecule has 0 aliphatic rings. The molecule has 64 valence electrons. The molecule has 0 rings (SSSR count). The second-order valence-corrected chi connectivity index (χ2v) is 2.45. The lowest BCUT2D eigenvalue weighted by molar-refractivity contribution is -0.123. The van der Waals surface area contributed by atoms with Gasteiger partial charge >= 0.3 is 0 Å². The molecule has 11 heavy (non-hydrogen) atoms. The first kappa shape index (κ1) is 10.2. The Kier molecular flexibility index (Phi) is 8.55. The van der Waals surface area contributed by atoms with E-state index in [1.807, 2.05) is 6.08 Å². The summed E-state index contributed by atoms with van der Waals surface area (Å²) >= 11 is 0. The molecule has 0 aromatic carbocycles. The van der Waals surface area contributed by atoms with Crippen LogP contribution in [0.4, 0.5) is 0 Å². The number of carbonyl (C=O) groups excluding carboxylic acids is 1. The second-order valence-electron chi connectivity index (χ2n) is 2.45. The van der Waals surface area contributed by atoms with Gasteiger partial charge in [0.1, 0.15) is 0 Å². The zero-order valence-electron chi connectivity index (χ0n) is 7.08. The molecular weight excluding hydrogens is 140 g/mol. The fourth-order valence-electron chi connectivity index (χ4n) is 0.845. The van der Waals surface area contributed by atoms with Crippen LogP contribution in [-0.4, -0.2) is 6.47 Å². The molecule has 0 unspecified atom stereocenters. The minimum atomic E-state index is 0.433. The maximum Gasteiger partial charge on any atom is 0.297 e. The van der Waals surface area contributed by atoms with Crippen LogP contribution in [0, 0.1) is 0 Å². The van der Waals surface area contributed by atoms with Gasteiger partial charge in [-0.05, 0) is 18.9 Å². The van der Waals surface area contributed by atoms with E-state index in [2.05, 4.69) is 11.7 Å². The number of hydrogen-bond donors (Lipinski definition) is 0. The van der Waals surface area contributed by atoms with Crippen LogP contribution in [0.5, 0.6) is 0 Å². The molecule has 0 saturated heterocycles. The third-order valence-corrected chi connectivity index (χ3v) is 1.45. The SMILES string of the molecule is CCCCCC/C=C/OC=O. The first-order valence-corrected chi connectivity index (χ1v) is 4.16. The van der Waals surface area contributed by atoms with Crippen molar-refractivity contribution in [2.75, 3.05) is 0 Å². The molecule has 0 amide bonds. The lowest BCUT2D eigenvalue weighted by Gasteiger charge is -1.93. The molecule has 2 nitrogen and oxygen atoms in total. The van der Waals surface area contributed by atoms with E-state index >= 15 is 0 Å². The number of unbranched alkanes of at least 4 members (excludes halogenated alkanes) is 4. The van der Waals surface area contributed by atoms with Crippen LogP contribution in [0.15, 0.2) is 12.3 Å². The highest BCUT2D eigenvalue weighted by atomic mass is 16.5. The lowest BCUT2D eigenvalue weighted by atomic mass is 10.2. The quantitative estimate of drug-likeness (QED) is 0.322. The zero-order valence-corrected chi connectivity index (χ0v) is 7.08. The maximum atomic E-state index is 9.67. The van der Waals surface area contributed by atoms with Crippen LogP contribution in [0.2, 0.25) is 0 Å². The molecule has 0 fully saturated rings. The Bertz CT molecular complexity index is 108.